The maximum atomic E-state index is 13.1. The normalized spacial score (nSPS) is 11.6. The molecular weight excluding hydrogens is 329 g/mol. The fraction of sp³-hybridized carbons (Fsp3) is 0.143. The Labute approximate surface area is 151 Å². The summed E-state index contributed by atoms with van der Waals surface area (Å²) in [5.41, 5.74) is 3.70. The van der Waals surface area contributed by atoms with E-state index in [9.17, 15) is 9.18 Å². The van der Waals surface area contributed by atoms with Crippen LogP contribution in [-0.4, -0.2) is 10.5 Å². The molecule has 1 aromatic heterocycles. The Kier molecular flexibility index (Phi) is 4.85. The van der Waals surface area contributed by atoms with Crippen molar-refractivity contribution < 1.29 is 9.18 Å². The summed E-state index contributed by atoms with van der Waals surface area (Å²) in [6.07, 6.45) is 0. The largest absolute Gasteiger partial charge is 0.344 e. The number of aromatic nitrogens is 1. The van der Waals surface area contributed by atoms with E-state index in [0.717, 1.165) is 16.8 Å². The minimum absolute atomic E-state index is 0.195. The molecule has 130 valence electrons. The topological polar surface area (TPSA) is 57.8 Å². The molecule has 0 saturated heterocycles. The van der Waals surface area contributed by atoms with Crippen molar-refractivity contribution in [1.29, 1.82) is 5.26 Å². The molecule has 1 heterocycles. The first-order valence-corrected chi connectivity index (χ1v) is 8.22. The van der Waals surface area contributed by atoms with E-state index in [2.05, 4.69) is 11.4 Å². The lowest BCUT2D eigenvalue weighted by molar-refractivity contribution is 0.0932. The van der Waals surface area contributed by atoms with Gasteiger partial charge in [0, 0.05) is 12.7 Å². The molecule has 2 aromatic carbocycles. The van der Waals surface area contributed by atoms with Crippen LogP contribution in [0.4, 0.5) is 4.39 Å². The highest BCUT2D eigenvalue weighted by atomic mass is 19.1. The summed E-state index contributed by atoms with van der Waals surface area (Å²) in [7, 11) is 1.81. The average Bonchev–Trinajstić information content (AvgIpc) is 3.04. The fourth-order valence-electron chi connectivity index (χ4n) is 2.85. The van der Waals surface area contributed by atoms with E-state index in [1.54, 1.807) is 41.9 Å². The quantitative estimate of drug-likeness (QED) is 0.769. The number of hydrogen-bond acceptors (Lipinski definition) is 2. The van der Waals surface area contributed by atoms with Crippen LogP contribution in [0.5, 0.6) is 0 Å². The van der Waals surface area contributed by atoms with Gasteiger partial charge in [-0.1, -0.05) is 12.1 Å². The number of nitrogens with zero attached hydrogens (tertiary/aromatic N) is 2. The van der Waals surface area contributed by atoms with Crippen LogP contribution in [0.15, 0.2) is 60.7 Å². The van der Waals surface area contributed by atoms with Crippen LogP contribution < -0.4 is 5.32 Å². The molecule has 1 unspecified atom stereocenters. The van der Waals surface area contributed by atoms with Crippen LogP contribution in [0.2, 0.25) is 0 Å². The third kappa shape index (κ3) is 3.50. The zero-order valence-electron chi connectivity index (χ0n) is 14.5. The van der Waals surface area contributed by atoms with Crippen molar-refractivity contribution in [3.05, 3.63) is 83.3 Å². The summed E-state index contributed by atoms with van der Waals surface area (Å²) in [4.78, 5) is 12.6. The minimum atomic E-state index is -0.294. The average molecular weight is 347 g/mol. The Bertz CT molecular complexity index is 966. The molecule has 4 nitrogen and oxygen atoms in total. The molecule has 5 heteroatoms. The van der Waals surface area contributed by atoms with Crippen LogP contribution >= 0.6 is 0 Å². The van der Waals surface area contributed by atoms with Gasteiger partial charge in [-0.25, -0.2) is 4.39 Å². The predicted octanol–water partition coefficient (Wildman–Crippen LogP) is 4.19. The Morgan fingerprint density at radius 1 is 1.08 bits per heavy atom. The number of carbonyl (C=O) groups excluding carboxylic acids is 1. The van der Waals surface area contributed by atoms with Crippen LogP contribution in [0.1, 0.15) is 34.6 Å². The molecule has 1 amide bonds. The van der Waals surface area contributed by atoms with Crippen LogP contribution in [-0.2, 0) is 7.05 Å². The van der Waals surface area contributed by atoms with E-state index in [1.165, 1.54) is 12.1 Å². The van der Waals surface area contributed by atoms with E-state index in [0.29, 0.717) is 11.3 Å². The predicted molar refractivity (Wildman–Crippen MR) is 97.8 cm³/mol. The van der Waals surface area contributed by atoms with Crippen LogP contribution in [0.3, 0.4) is 0 Å². The summed E-state index contributed by atoms with van der Waals surface area (Å²) < 4.78 is 14.9. The molecule has 0 aliphatic rings. The lowest BCUT2D eigenvalue weighted by Gasteiger charge is -2.15. The summed E-state index contributed by atoms with van der Waals surface area (Å²) >= 11 is 0. The summed E-state index contributed by atoms with van der Waals surface area (Å²) in [6, 6.07) is 18.8. The van der Waals surface area contributed by atoms with Gasteiger partial charge in [0.15, 0.2) is 0 Å². The highest BCUT2D eigenvalue weighted by Crippen LogP contribution is 2.22. The van der Waals surface area contributed by atoms with Crippen LogP contribution in [0.25, 0.3) is 11.3 Å². The molecule has 26 heavy (non-hydrogen) atoms. The van der Waals surface area contributed by atoms with Crippen molar-refractivity contribution >= 4 is 5.91 Å². The smallest absolute Gasteiger partial charge is 0.268 e. The molecular formula is C21H18FN3O. The number of nitriles is 1. The number of amides is 1. The van der Waals surface area contributed by atoms with E-state index in [4.69, 9.17) is 5.26 Å². The number of carbonyl (C=O) groups is 1. The van der Waals surface area contributed by atoms with Gasteiger partial charge in [-0.3, -0.25) is 4.79 Å². The Morgan fingerprint density at radius 3 is 2.35 bits per heavy atom. The second kappa shape index (κ2) is 7.24. The molecule has 0 spiro atoms. The van der Waals surface area contributed by atoms with Gasteiger partial charge >= 0.3 is 0 Å². The van der Waals surface area contributed by atoms with Gasteiger partial charge in [0.25, 0.3) is 5.91 Å². The van der Waals surface area contributed by atoms with Gasteiger partial charge in [-0.05, 0) is 66.6 Å². The Hall–Kier alpha value is -3.39. The highest BCUT2D eigenvalue weighted by molar-refractivity contribution is 5.94. The molecule has 0 aliphatic carbocycles. The molecule has 0 saturated carbocycles. The van der Waals surface area contributed by atoms with Gasteiger partial charge in [-0.2, -0.15) is 5.26 Å². The maximum absolute atomic E-state index is 13.1. The molecule has 3 rings (SSSR count). The lowest BCUT2D eigenvalue weighted by atomic mass is 10.1. The number of rotatable bonds is 4. The molecule has 1 N–H and O–H groups in total. The van der Waals surface area contributed by atoms with Crippen molar-refractivity contribution in [1.82, 2.24) is 9.88 Å². The SMILES string of the molecule is CC(NC(=O)c1ccc(-c2ccc(F)cc2)n1C)c1ccc(C#N)cc1. The second-order valence-corrected chi connectivity index (χ2v) is 6.10. The number of benzene rings is 2. The molecule has 3 aromatic rings. The maximum Gasteiger partial charge on any atom is 0.268 e. The molecule has 1 atom stereocenters. The van der Waals surface area contributed by atoms with E-state index in [1.807, 2.05) is 25.1 Å². The van der Waals surface area contributed by atoms with Crippen LogP contribution in [0, 0.1) is 17.1 Å². The molecule has 0 radical (unpaired) electrons. The van der Waals surface area contributed by atoms with E-state index in [-0.39, 0.29) is 17.8 Å². The number of hydrogen-bond donors (Lipinski definition) is 1. The number of nitrogens with one attached hydrogen (secondary N) is 1. The fourth-order valence-corrected chi connectivity index (χ4v) is 2.85. The second-order valence-electron chi connectivity index (χ2n) is 6.10. The van der Waals surface area contributed by atoms with Gasteiger partial charge in [0.1, 0.15) is 11.5 Å². The first-order valence-electron chi connectivity index (χ1n) is 8.22. The first-order chi connectivity index (χ1) is 12.5. The lowest BCUT2D eigenvalue weighted by Crippen LogP contribution is -2.28. The molecule has 0 aliphatic heterocycles. The zero-order valence-corrected chi connectivity index (χ0v) is 14.5. The summed E-state index contributed by atoms with van der Waals surface area (Å²) in [5, 5.41) is 11.8. The monoisotopic (exact) mass is 347 g/mol. The standard InChI is InChI=1S/C21H18FN3O/c1-14(16-5-3-15(13-23)4-6-16)24-21(26)20-12-11-19(25(20)2)17-7-9-18(22)10-8-17/h3-12,14H,1-2H3,(H,24,26). The van der Waals surface area contributed by atoms with Gasteiger partial charge in [0.05, 0.1) is 17.7 Å². The first kappa shape index (κ1) is 17.4. The minimum Gasteiger partial charge on any atom is -0.344 e. The van der Waals surface area contributed by atoms with Gasteiger partial charge in [-0.15, -0.1) is 0 Å². The third-order valence-electron chi connectivity index (χ3n) is 4.38. The summed E-state index contributed by atoms with van der Waals surface area (Å²) in [6.45, 7) is 1.89. The van der Waals surface area contributed by atoms with E-state index < -0.39 is 0 Å². The van der Waals surface area contributed by atoms with Crippen molar-refractivity contribution in [2.24, 2.45) is 7.05 Å². The molecule has 0 bridgehead atoms. The Morgan fingerprint density at radius 2 is 1.73 bits per heavy atom. The highest BCUT2D eigenvalue weighted by Gasteiger charge is 2.16. The molecule has 0 fully saturated rings. The number of halogens is 1. The third-order valence-corrected chi connectivity index (χ3v) is 4.38. The summed E-state index contributed by atoms with van der Waals surface area (Å²) in [5.74, 6) is -0.491. The Balaban J connectivity index is 1.77. The van der Waals surface area contributed by atoms with E-state index >= 15 is 0 Å². The van der Waals surface area contributed by atoms with Gasteiger partial charge < -0.3 is 9.88 Å². The van der Waals surface area contributed by atoms with Gasteiger partial charge in [0.2, 0.25) is 0 Å². The zero-order chi connectivity index (χ0) is 18.7. The van der Waals surface area contributed by atoms with Crippen molar-refractivity contribution in [3.63, 3.8) is 0 Å². The van der Waals surface area contributed by atoms with Crippen molar-refractivity contribution in [2.45, 2.75) is 13.0 Å². The van der Waals surface area contributed by atoms with Crippen molar-refractivity contribution in [2.75, 3.05) is 0 Å². The van der Waals surface area contributed by atoms with Crippen molar-refractivity contribution in [3.8, 4) is 17.3 Å².